The Morgan fingerprint density at radius 2 is 1.87 bits per heavy atom. The molecule has 0 fully saturated rings. The molecule has 0 saturated carbocycles. The number of carbonyl (C=O) groups is 1. The summed E-state index contributed by atoms with van der Waals surface area (Å²) in [6.45, 7) is 1.67. The summed E-state index contributed by atoms with van der Waals surface area (Å²) in [4.78, 5) is 11.9. The minimum Gasteiger partial charge on any atom is -0.479 e. The summed E-state index contributed by atoms with van der Waals surface area (Å²) in [5.41, 5.74) is 1.26. The summed E-state index contributed by atoms with van der Waals surface area (Å²) in [6, 6.07) is 13.5. The Labute approximate surface area is 144 Å². The average molecular weight is 350 g/mol. The Kier molecular flexibility index (Phi) is 5.86. The maximum absolute atomic E-state index is 11.9. The van der Waals surface area contributed by atoms with Crippen LogP contribution < -0.4 is 4.74 Å². The summed E-state index contributed by atoms with van der Waals surface area (Å²) in [5, 5.41) is 9.58. The molecule has 2 aromatic carbocycles. The van der Waals surface area contributed by atoms with Gasteiger partial charge < -0.3 is 9.47 Å². The van der Waals surface area contributed by atoms with Gasteiger partial charge in [0.25, 0.3) is 0 Å². The minimum atomic E-state index is -0.772. The first-order chi connectivity index (χ1) is 11.0. The lowest BCUT2D eigenvalue weighted by atomic mass is 10.2. The Morgan fingerprint density at radius 3 is 2.48 bits per heavy atom. The first-order valence-corrected chi connectivity index (χ1v) is 7.52. The number of halogens is 2. The standard InChI is InChI=1S/C17H13Cl2NO3/c1-11(23-14-5-2-12(9-20)3-6-14)17(21)22-10-13-4-7-15(18)16(19)8-13/h2-8,11H,10H2,1H3/t11-/m1/s1. The van der Waals surface area contributed by atoms with Crippen LogP contribution in [0.25, 0.3) is 0 Å². The summed E-state index contributed by atoms with van der Waals surface area (Å²) >= 11 is 11.7. The molecule has 23 heavy (non-hydrogen) atoms. The van der Waals surface area contributed by atoms with E-state index in [0.717, 1.165) is 5.56 Å². The molecule has 0 amide bonds. The van der Waals surface area contributed by atoms with Crippen molar-refractivity contribution in [2.45, 2.75) is 19.6 Å². The zero-order chi connectivity index (χ0) is 16.8. The predicted octanol–water partition coefficient (Wildman–Crippen LogP) is 4.38. The van der Waals surface area contributed by atoms with Crippen LogP contribution in [0.4, 0.5) is 0 Å². The number of rotatable bonds is 5. The number of carbonyl (C=O) groups excluding carboxylic acids is 1. The highest BCUT2D eigenvalue weighted by atomic mass is 35.5. The summed E-state index contributed by atoms with van der Waals surface area (Å²) in [7, 11) is 0. The van der Waals surface area contributed by atoms with E-state index >= 15 is 0 Å². The van der Waals surface area contributed by atoms with E-state index in [0.29, 0.717) is 21.4 Å². The van der Waals surface area contributed by atoms with Crippen molar-refractivity contribution in [3.05, 3.63) is 63.6 Å². The number of benzene rings is 2. The molecule has 0 radical (unpaired) electrons. The molecule has 0 aliphatic rings. The molecule has 0 aliphatic heterocycles. The monoisotopic (exact) mass is 349 g/mol. The summed E-state index contributed by atoms with van der Waals surface area (Å²) in [6.07, 6.45) is -0.772. The van der Waals surface area contributed by atoms with Crippen LogP contribution in [0, 0.1) is 11.3 Å². The minimum absolute atomic E-state index is 0.0802. The first kappa shape index (κ1) is 17.1. The fourth-order valence-corrected chi connectivity index (χ4v) is 2.08. The summed E-state index contributed by atoms with van der Waals surface area (Å²) < 4.78 is 10.7. The SMILES string of the molecule is C[C@@H](Oc1ccc(C#N)cc1)C(=O)OCc1ccc(Cl)c(Cl)c1. The number of nitrogens with zero attached hydrogens (tertiary/aromatic N) is 1. The number of esters is 1. The van der Waals surface area contributed by atoms with Gasteiger partial charge in [0, 0.05) is 0 Å². The molecule has 6 heteroatoms. The molecule has 0 aromatic heterocycles. The van der Waals surface area contributed by atoms with Crippen LogP contribution >= 0.6 is 23.2 Å². The van der Waals surface area contributed by atoms with E-state index in [2.05, 4.69) is 0 Å². The molecule has 2 rings (SSSR count). The highest BCUT2D eigenvalue weighted by Crippen LogP contribution is 2.23. The molecular weight excluding hydrogens is 337 g/mol. The first-order valence-electron chi connectivity index (χ1n) is 6.77. The zero-order valence-electron chi connectivity index (χ0n) is 12.3. The Balaban J connectivity index is 1.89. The quantitative estimate of drug-likeness (QED) is 0.751. The molecule has 4 nitrogen and oxygen atoms in total. The second-order valence-corrected chi connectivity index (χ2v) is 5.57. The van der Waals surface area contributed by atoms with Crippen LogP contribution in [-0.4, -0.2) is 12.1 Å². The van der Waals surface area contributed by atoms with Crippen LogP contribution in [0.2, 0.25) is 10.0 Å². The largest absolute Gasteiger partial charge is 0.479 e. The van der Waals surface area contributed by atoms with Crippen molar-refractivity contribution >= 4 is 29.2 Å². The van der Waals surface area contributed by atoms with Crippen molar-refractivity contribution in [2.24, 2.45) is 0 Å². The van der Waals surface area contributed by atoms with Gasteiger partial charge in [-0.15, -0.1) is 0 Å². The predicted molar refractivity (Wildman–Crippen MR) is 87.5 cm³/mol. The lowest BCUT2D eigenvalue weighted by Gasteiger charge is -2.14. The lowest BCUT2D eigenvalue weighted by Crippen LogP contribution is -2.26. The van der Waals surface area contributed by atoms with Crippen molar-refractivity contribution in [1.82, 2.24) is 0 Å². The topological polar surface area (TPSA) is 59.3 Å². The maximum Gasteiger partial charge on any atom is 0.347 e. The van der Waals surface area contributed by atoms with Crippen LogP contribution in [0.5, 0.6) is 5.75 Å². The van der Waals surface area contributed by atoms with Gasteiger partial charge in [0.2, 0.25) is 0 Å². The van der Waals surface area contributed by atoms with E-state index in [1.165, 1.54) is 0 Å². The van der Waals surface area contributed by atoms with Crippen LogP contribution in [0.1, 0.15) is 18.1 Å². The van der Waals surface area contributed by atoms with Crippen molar-refractivity contribution in [1.29, 1.82) is 5.26 Å². The van der Waals surface area contributed by atoms with Crippen LogP contribution in [-0.2, 0) is 16.1 Å². The molecule has 0 bridgehead atoms. The van der Waals surface area contributed by atoms with E-state index in [4.69, 9.17) is 37.9 Å². The van der Waals surface area contributed by atoms with Gasteiger partial charge in [-0.3, -0.25) is 0 Å². The van der Waals surface area contributed by atoms with Crippen molar-refractivity contribution in [3.8, 4) is 11.8 Å². The van der Waals surface area contributed by atoms with Gasteiger partial charge in [-0.1, -0.05) is 29.3 Å². The molecule has 0 saturated heterocycles. The Morgan fingerprint density at radius 1 is 1.17 bits per heavy atom. The van der Waals surface area contributed by atoms with Crippen LogP contribution in [0.3, 0.4) is 0 Å². The summed E-state index contributed by atoms with van der Waals surface area (Å²) in [5.74, 6) is -0.0107. The molecular formula is C17H13Cl2NO3. The van der Waals surface area contributed by atoms with E-state index in [-0.39, 0.29) is 6.61 Å². The molecule has 1 atom stereocenters. The van der Waals surface area contributed by atoms with E-state index in [1.807, 2.05) is 6.07 Å². The van der Waals surface area contributed by atoms with Crippen LogP contribution in [0.15, 0.2) is 42.5 Å². The van der Waals surface area contributed by atoms with Gasteiger partial charge in [-0.05, 0) is 48.9 Å². The van der Waals surface area contributed by atoms with Gasteiger partial charge in [0.15, 0.2) is 6.10 Å². The third kappa shape index (κ3) is 4.88. The lowest BCUT2D eigenvalue weighted by molar-refractivity contribution is -0.152. The fourth-order valence-electron chi connectivity index (χ4n) is 1.76. The van der Waals surface area contributed by atoms with Crippen molar-refractivity contribution in [3.63, 3.8) is 0 Å². The highest BCUT2D eigenvalue weighted by Gasteiger charge is 2.16. The van der Waals surface area contributed by atoms with Gasteiger partial charge in [-0.2, -0.15) is 5.26 Å². The highest BCUT2D eigenvalue weighted by molar-refractivity contribution is 6.42. The molecule has 0 aliphatic carbocycles. The molecule has 118 valence electrons. The normalized spacial score (nSPS) is 11.4. The number of nitriles is 1. The van der Waals surface area contributed by atoms with E-state index in [9.17, 15) is 4.79 Å². The molecule has 0 unspecified atom stereocenters. The average Bonchev–Trinajstić information content (AvgIpc) is 2.56. The second kappa shape index (κ2) is 7.87. The number of hydrogen-bond donors (Lipinski definition) is 0. The number of ether oxygens (including phenoxy) is 2. The second-order valence-electron chi connectivity index (χ2n) is 4.75. The van der Waals surface area contributed by atoms with Gasteiger partial charge in [0.05, 0.1) is 21.7 Å². The van der Waals surface area contributed by atoms with Gasteiger partial charge in [-0.25, -0.2) is 4.79 Å². The van der Waals surface area contributed by atoms with Crippen molar-refractivity contribution in [2.75, 3.05) is 0 Å². The zero-order valence-corrected chi connectivity index (χ0v) is 13.8. The third-order valence-corrected chi connectivity index (χ3v) is 3.73. The third-order valence-electron chi connectivity index (χ3n) is 2.99. The smallest absolute Gasteiger partial charge is 0.347 e. The van der Waals surface area contributed by atoms with Gasteiger partial charge in [0.1, 0.15) is 12.4 Å². The van der Waals surface area contributed by atoms with E-state index < -0.39 is 12.1 Å². The molecule has 2 aromatic rings. The van der Waals surface area contributed by atoms with Gasteiger partial charge >= 0.3 is 5.97 Å². The maximum atomic E-state index is 11.9. The molecule has 0 heterocycles. The molecule has 0 spiro atoms. The van der Waals surface area contributed by atoms with E-state index in [1.54, 1.807) is 49.4 Å². The molecule has 0 N–H and O–H groups in total. The number of hydrogen-bond acceptors (Lipinski definition) is 4. The fraction of sp³-hybridized carbons (Fsp3) is 0.176. The van der Waals surface area contributed by atoms with Crippen molar-refractivity contribution < 1.29 is 14.3 Å². The Hall–Kier alpha value is -2.22. The Bertz CT molecular complexity index is 738.